The Bertz CT molecular complexity index is 1340. The quantitative estimate of drug-likeness (QED) is 0.297. The summed E-state index contributed by atoms with van der Waals surface area (Å²) in [4.78, 5) is 18.2. The van der Waals surface area contributed by atoms with Crippen LogP contribution < -0.4 is 46.1 Å². The number of fused-ring (bicyclic) bond motifs is 1. The second-order valence-electron chi connectivity index (χ2n) is 7.28. The third-order valence-electron chi connectivity index (χ3n) is 5.15. The zero-order chi connectivity index (χ0) is 23.5. The van der Waals surface area contributed by atoms with E-state index in [1.165, 1.54) is 7.11 Å². The summed E-state index contributed by atoms with van der Waals surface area (Å²) in [6.45, 7) is 2.04. The summed E-state index contributed by atoms with van der Waals surface area (Å²) in [5.74, 6) is 1.22. The number of ether oxygens (including phenoxy) is 3. The van der Waals surface area contributed by atoms with Gasteiger partial charge in [0.25, 0.3) is 3.57 Å². The van der Waals surface area contributed by atoms with Gasteiger partial charge in [0.2, 0.25) is 5.75 Å². The second-order valence-corrected chi connectivity index (χ2v) is 10.1. The van der Waals surface area contributed by atoms with Crippen molar-refractivity contribution < 1.29 is 40.5 Å². The van der Waals surface area contributed by atoms with Gasteiger partial charge in [-0.25, -0.2) is 4.98 Å². The van der Waals surface area contributed by atoms with Crippen LogP contribution in [-0.4, -0.2) is 30.9 Å². The molecule has 4 aromatic rings. The molecule has 7 nitrogen and oxygen atoms in total. The average molecular weight is 558 g/mol. The average Bonchev–Trinajstić information content (AvgIpc) is 2.84. The summed E-state index contributed by atoms with van der Waals surface area (Å²) >= 11 is -0.961. The SMILES string of the molecule is COc1cc(Cn2c(=O)c([I+]c3ccccc3)c([O-])c3ccc(C)nc32)cc(OC)c1OC. The van der Waals surface area contributed by atoms with Crippen molar-refractivity contribution in [2.24, 2.45) is 0 Å². The fourth-order valence-electron chi connectivity index (χ4n) is 3.58. The Labute approximate surface area is 201 Å². The monoisotopic (exact) mass is 558 g/mol. The van der Waals surface area contributed by atoms with E-state index in [0.29, 0.717) is 31.9 Å². The molecule has 0 bridgehead atoms. The molecule has 2 heterocycles. The van der Waals surface area contributed by atoms with Gasteiger partial charge < -0.3 is 19.3 Å². The Kier molecular flexibility index (Phi) is 6.73. The molecular weight excluding hydrogens is 535 g/mol. The summed E-state index contributed by atoms with van der Waals surface area (Å²) in [7, 11) is 4.63. The molecule has 0 fully saturated rings. The molecule has 2 aromatic heterocycles. The van der Waals surface area contributed by atoms with Crippen LogP contribution in [0.25, 0.3) is 11.0 Å². The maximum Gasteiger partial charge on any atom is 0.363 e. The molecule has 0 spiro atoms. The summed E-state index contributed by atoms with van der Waals surface area (Å²) in [6.07, 6.45) is 0. The first-order valence-electron chi connectivity index (χ1n) is 10.2. The third-order valence-corrected chi connectivity index (χ3v) is 7.98. The van der Waals surface area contributed by atoms with Crippen molar-refractivity contribution in [3.63, 3.8) is 0 Å². The van der Waals surface area contributed by atoms with Gasteiger partial charge >= 0.3 is 26.8 Å². The lowest BCUT2D eigenvalue weighted by Gasteiger charge is -2.17. The van der Waals surface area contributed by atoms with Crippen molar-refractivity contribution >= 4 is 11.0 Å². The molecule has 0 aliphatic heterocycles. The van der Waals surface area contributed by atoms with Gasteiger partial charge in [0, 0.05) is 11.1 Å². The molecule has 2 aromatic carbocycles. The Morgan fingerprint density at radius 2 is 1.64 bits per heavy atom. The van der Waals surface area contributed by atoms with Crippen LogP contribution >= 0.6 is 0 Å². The fourth-order valence-corrected chi connectivity index (χ4v) is 6.04. The minimum Gasteiger partial charge on any atom is -0.869 e. The zero-order valence-electron chi connectivity index (χ0n) is 18.7. The smallest absolute Gasteiger partial charge is 0.363 e. The van der Waals surface area contributed by atoms with Crippen molar-refractivity contribution in [2.45, 2.75) is 13.5 Å². The zero-order valence-corrected chi connectivity index (χ0v) is 20.9. The van der Waals surface area contributed by atoms with Crippen LogP contribution in [0.15, 0.2) is 59.4 Å². The van der Waals surface area contributed by atoms with E-state index >= 15 is 0 Å². The van der Waals surface area contributed by atoms with E-state index in [9.17, 15) is 9.90 Å². The highest BCUT2D eigenvalue weighted by atomic mass is 127. The van der Waals surface area contributed by atoms with E-state index < -0.39 is 21.2 Å². The number of halogens is 1. The molecule has 0 atom stereocenters. The van der Waals surface area contributed by atoms with Crippen molar-refractivity contribution in [1.29, 1.82) is 0 Å². The molecule has 0 N–H and O–H groups in total. The Hall–Kier alpha value is -3.27. The van der Waals surface area contributed by atoms with E-state index in [-0.39, 0.29) is 17.9 Å². The van der Waals surface area contributed by atoms with E-state index in [2.05, 4.69) is 4.98 Å². The van der Waals surface area contributed by atoms with Crippen LogP contribution in [0, 0.1) is 14.1 Å². The lowest BCUT2D eigenvalue weighted by molar-refractivity contribution is -0.605. The molecule has 4 rings (SSSR count). The minimum absolute atomic E-state index is 0.203. The van der Waals surface area contributed by atoms with Crippen LogP contribution in [-0.2, 0) is 6.54 Å². The molecule has 0 aliphatic carbocycles. The molecule has 8 heteroatoms. The first kappa shape index (κ1) is 22.9. The van der Waals surface area contributed by atoms with E-state index in [4.69, 9.17) is 14.2 Å². The van der Waals surface area contributed by atoms with Crippen LogP contribution in [0.3, 0.4) is 0 Å². The number of hydrogen-bond donors (Lipinski definition) is 0. The van der Waals surface area contributed by atoms with Gasteiger partial charge in [-0.3, -0.25) is 9.36 Å². The molecule has 0 aliphatic rings. The highest BCUT2D eigenvalue weighted by Gasteiger charge is 2.26. The van der Waals surface area contributed by atoms with Crippen molar-refractivity contribution in [2.75, 3.05) is 21.3 Å². The van der Waals surface area contributed by atoms with Gasteiger partial charge in [-0.15, -0.1) is 0 Å². The Balaban J connectivity index is 1.92. The van der Waals surface area contributed by atoms with Gasteiger partial charge in [-0.05, 0) is 54.6 Å². The van der Waals surface area contributed by atoms with E-state index in [0.717, 1.165) is 14.8 Å². The molecule has 0 unspecified atom stereocenters. The molecule has 0 saturated carbocycles. The topological polar surface area (TPSA) is 85.6 Å². The predicted molar refractivity (Wildman–Crippen MR) is 119 cm³/mol. The van der Waals surface area contributed by atoms with Gasteiger partial charge in [-0.2, -0.15) is 0 Å². The van der Waals surface area contributed by atoms with Crippen molar-refractivity contribution in [3.8, 4) is 23.0 Å². The first-order chi connectivity index (χ1) is 16.0. The third kappa shape index (κ3) is 4.47. The van der Waals surface area contributed by atoms with E-state index in [1.54, 1.807) is 43.1 Å². The van der Waals surface area contributed by atoms with Crippen LogP contribution in [0.4, 0.5) is 0 Å². The standard InChI is InChI=1S/C25H23IN2O5/c1-15-10-11-18-22(29)21(26-17-8-6-5-7-9-17)25(30)28(24(18)27-15)14-16-12-19(31-2)23(33-4)20(13-16)32-3/h5-13H,14H2,1-4H3. The first-order valence-corrected chi connectivity index (χ1v) is 12.3. The normalized spacial score (nSPS) is 10.9. The van der Waals surface area contributed by atoms with Crippen LogP contribution in [0.2, 0.25) is 0 Å². The Morgan fingerprint density at radius 3 is 2.24 bits per heavy atom. The van der Waals surface area contributed by atoms with Crippen LogP contribution in [0.5, 0.6) is 23.0 Å². The molecule has 0 saturated heterocycles. The lowest BCUT2D eigenvalue weighted by Crippen LogP contribution is -3.62. The summed E-state index contributed by atoms with van der Waals surface area (Å²) in [5.41, 5.74) is 1.56. The number of hydrogen-bond acceptors (Lipinski definition) is 6. The largest absolute Gasteiger partial charge is 0.869 e. The highest BCUT2D eigenvalue weighted by Crippen LogP contribution is 2.38. The number of methoxy groups -OCH3 is 3. The maximum atomic E-state index is 13.6. The Morgan fingerprint density at radius 1 is 0.970 bits per heavy atom. The fraction of sp³-hybridized carbons (Fsp3) is 0.200. The van der Waals surface area contributed by atoms with Gasteiger partial charge in [0.1, 0.15) is 5.65 Å². The molecule has 0 amide bonds. The number of pyridine rings is 2. The minimum atomic E-state index is -0.961. The van der Waals surface area contributed by atoms with Gasteiger partial charge in [0.15, 0.2) is 15.1 Å². The molecule has 170 valence electrons. The lowest BCUT2D eigenvalue weighted by atomic mass is 10.1. The summed E-state index contributed by atoms with van der Waals surface area (Å²) < 4.78 is 19.2. The summed E-state index contributed by atoms with van der Waals surface area (Å²) in [5, 5.41) is 13.7. The maximum absolute atomic E-state index is 13.6. The van der Waals surface area contributed by atoms with E-state index in [1.807, 2.05) is 37.3 Å². The number of aromatic nitrogens is 2. The molecular formula is C25H23IN2O5. The number of rotatable bonds is 7. The van der Waals surface area contributed by atoms with Gasteiger partial charge in [-0.1, -0.05) is 18.2 Å². The highest BCUT2D eigenvalue weighted by molar-refractivity contribution is 5.81. The number of aryl methyl sites for hydroxylation is 1. The second kappa shape index (κ2) is 9.70. The summed E-state index contributed by atoms with van der Waals surface area (Å²) in [6, 6.07) is 16.8. The molecule has 0 radical (unpaired) electrons. The van der Waals surface area contributed by atoms with Gasteiger partial charge in [0.05, 0.1) is 27.9 Å². The van der Waals surface area contributed by atoms with Crippen molar-refractivity contribution in [3.05, 3.63) is 83.3 Å². The van der Waals surface area contributed by atoms with Crippen molar-refractivity contribution in [1.82, 2.24) is 9.55 Å². The number of benzene rings is 2. The molecule has 33 heavy (non-hydrogen) atoms. The predicted octanol–water partition coefficient (Wildman–Crippen LogP) is -0.0190. The van der Waals surface area contributed by atoms with Crippen LogP contribution in [0.1, 0.15) is 11.3 Å². The number of nitrogens with zero attached hydrogens (tertiary/aromatic N) is 2.